The van der Waals surface area contributed by atoms with E-state index < -0.39 is 0 Å². The molecule has 92 valence electrons. The molecule has 17 heavy (non-hydrogen) atoms. The Kier molecular flexibility index (Phi) is 4.15. The van der Waals surface area contributed by atoms with Gasteiger partial charge in [-0.25, -0.2) is 0 Å². The standard InChI is InChI=1S/C13H17BrN2O/c1-2-16-13(11(14)9-15-16)12(17)8-10-6-4-3-5-7-10/h8-9H,2-7H2,1H3. The summed E-state index contributed by atoms with van der Waals surface area (Å²) in [5.41, 5.74) is 1.96. The average Bonchev–Trinajstić information content (AvgIpc) is 2.71. The number of carbonyl (C=O) groups is 1. The van der Waals surface area contributed by atoms with Gasteiger partial charge < -0.3 is 0 Å². The van der Waals surface area contributed by atoms with E-state index in [-0.39, 0.29) is 5.78 Å². The lowest BCUT2D eigenvalue weighted by atomic mass is 9.94. The Hall–Kier alpha value is -0.900. The van der Waals surface area contributed by atoms with E-state index >= 15 is 0 Å². The van der Waals surface area contributed by atoms with Crippen LogP contribution in [0.4, 0.5) is 0 Å². The van der Waals surface area contributed by atoms with E-state index in [0.717, 1.165) is 23.9 Å². The zero-order valence-electron chi connectivity index (χ0n) is 10.1. The van der Waals surface area contributed by atoms with Crippen molar-refractivity contribution in [1.82, 2.24) is 9.78 Å². The van der Waals surface area contributed by atoms with Gasteiger partial charge in [0.2, 0.25) is 5.78 Å². The number of nitrogens with zero attached hydrogens (tertiary/aromatic N) is 2. The van der Waals surface area contributed by atoms with Gasteiger partial charge in [0.05, 0.1) is 10.7 Å². The first kappa shape index (κ1) is 12.6. The number of aromatic nitrogens is 2. The Morgan fingerprint density at radius 1 is 1.47 bits per heavy atom. The first-order valence-corrected chi connectivity index (χ1v) is 6.96. The summed E-state index contributed by atoms with van der Waals surface area (Å²) >= 11 is 3.39. The molecule has 1 aromatic rings. The number of aryl methyl sites for hydroxylation is 1. The number of ketones is 1. The number of carbonyl (C=O) groups excluding carboxylic acids is 1. The number of hydrogen-bond acceptors (Lipinski definition) is 2. The summed E-state index contributed by atoms with van der Waals surface area (Å²) in [6, 6.07) is 0. The van der Waals surface area contributed by atoms with Gasteiger partial charge in [-0.05, 0) is 54.6 Å². The van der Waals surface area contributed by atoms with Crippen molar-refractivity contribution in [3.63, 3.8) is 0 Å². The van der Waals surface area contributed by atoms with Crippen LogP contribution in [0.15, 0.2) is 22.3 Å². The van der Waals surface area contributed by atoms with Crippen molar-refractivity contribution in [3.8, 4) is 0 Å². The molecule has 1 aliphatic carbocycles. The van der Waals surface area contributed by atoms with Crippen LogP contribution in [0.25, 0.3) is 0 Å². The summed E-state index contributed by atoms with van der Waals surface area (Å²) in [7, 11) is 0. The maximum atomic E-state index is 12.2. The maximum Gasteiger partial charge on any atom is 0.204 e. The van der Waals surface area contributed by atoms with Crippen molar-refractivity contribution in [1.29, 1.82) is 0 Å². The van der Waals surface area contributed by atoms with Gasteiger partial charge in [0.25, 0.3) is 0 Å². The Balaban J connectivity index is 2.21. The predicted molar refractivity (Wildman–Crippen MR) is 71.1 cm³/mol. The molecule has 0 aromatic carbocycles. The molecule has 0 aliphatic heterocycles. The molecule has 0 atom stereocenters. The third-order valence-electron chi connectivity index (χ3n) is 3.16. The molecule has 1 aromatic heterocycles. The molecule has 4 heteroatoms. The van der Waals surface area contributed by atoms with Crippen molar-refractivity contribution >= 4 is 21.7 Å². The molecule has 0 spiro atoms. The van der Waals surface area contributed by atoms with E-state index in [9.17, 15) is 4.79 Å². The molecule has 1 heterocycles. The van der Waals surface area contributed by atoms with Crippen molar-refractivity contribution in [2.45, 2.75) is 45.6 Å². The Morgan fingerprint density at radius 2 is 2.18 bits per heavy atom. The van der Waals surface area contributed by atoms with Gasteiger partial charge in [-0.1, -0.05) is 12.0 Å². The lowest BCUT2D eigenvalue weighted by Crippen LogP contribution is -2.09. The van der Waals surface area contributed by atoms with Crippen LogP contribution in [-0.2, 0) is 6.54 Å². The van der Waals surface area contributed by atoms with E-state index in [1.54, 1.807) is 10.9 Å². The minimum Gasteiger partial charge on any atom is -0.288 e. The van der Waals surface area contributed by atoms with Gasteiger partial charge >= 0.3 is 0 Å². The highest BCUT2D eigenvalue weighted by molar-refractivity contribution is 9.10. The predicted octanol–water partition coefficient (Wildman–Crippen LogP) is 3.74. The van der Waals surface area contributed by atoms with E-state index in [2.05, 4.69) is 21.0 Å². The van der Waals surface area contributed by atoms with Gasteiger partial charge in [-0.2, -0.15) is 5.10 Å². The molecule has 0 N–H and O–H groups in total. The van der Waals surface area contributed by atoms with Gasteiger partial charge in [-0.3, -0.25) is 9.48 Å². The molecule has 0 radical (unpaired) electrons. The second-order valence-corrected chi connectivity index (χ2v) is 5.24. The maximum absolute atomic E-state index is 12.2. The third-order valence-corrected chi connectivity index (χ3v) is 3.74. The van der Waals surface area contributed by atoms with Crippen LogP contribution in [0.5, 0.6) is 0 Å². The molecule has 0 bridgehead atoms. The number of allylic oxidation sites excluding steroid dienone is 2. The van der Waals surface area contributed by atoms with Crippen LogP contribution >= 0.6 is 15.9 Å². The van der Waals surface area contributed by atoms with E-state index in [1.165, 1.54) is 24.8 Å². The Labute approximate surface area is 110 Å². The van der Waals surface area contributed by atoms with Crippen LogP contribution in [0.1, 0.15) is 49.5 Å². The van der Waals surface area contributed by atoms with Crippen LogP contribution in [0, 0.1) is 0 Å². The zero-order chi connectivity index (χ0) is 12.3. The molecule has 3 nitrogen and oxygen atoms in total. The van der Waals surface area contributed by atoms with Gasteiger partial charge in [0.15, 0.2) is 0 Å². The smallest absolute Gasteiger partial charge is 0.204 e. The van der Waals surface area contributed by atoms with Crippen LogP contribution in [-0.4, -0.2) is 15.6 Å². The van der Waals surface area contributed by atoms with Crippen molar-refractivity contribution in [3.05, 3.63) is 28.0 Å². The SMILES string of the molecule is CCn1ncc(Br)c1C(=O)C=C1CCCCC1. The summed E-state index contributed by atoms with van der Waals surface area (Å²) in [5.74, 6) is 0.0770. The summed E-state index contributed by atoms with van der Waals surface area (Å²) in [6.45, 7) is 2.71. The molecule has 0 saturated heterocycles. The van der Waals surface area contributed by atoms with Crippen molar-refractivity contribution in [2.75, 3.05) is 0 Å². The van der Waals surface area contributed by atoms with Crippen LogP contribution < -0.4 is 0 Å². The van der Waals surface area contributed by atoms with Crippen molar-refractivity contribution < 1.29 is 4.79 Å². The fraction of sp³-hybridized carbons (Fsp3) is 0.538. The number of halogens is 1. The second-order valence-electron chi connectivity index (χ2n) is 4.38. The largest absolute Gasteiger partial charge is 0.288 e. The van der Waals surface area contributed by atoms with E-state index in [0.29, 0.717) is 5.69 Å². The fourth-order valence-corrected chi connectivity index (χ4v) is 2.74. The molecule has 1 saturated carbocycles. The first-order chi connectivity index (χ1) is 8.22. The van der Waals surface area contributed by atoms with Gasteiger partial charge in [0, 0.05) is 6.54 Å². The average molecular weight is 297 g/mol. The molecule has 1 fully saturated rings. The molecular formula is C13H17BrN2O. The molecular weight excluding hydrogens is 280 g/mol. The quantitative estimate of drug-likeness (QED) is 0.629. The number of rotatable bonds is 3. The highest BCUT2D eigenvalue weighted by Crippen LogP contribution is 2.24. The minimum atomic E-state index is 0.0770. The Bertz CT molecular complexity index is 440. The lowest BCUT2D eigenvalue weighted by Gasteiger charge is -2.13. The van der Waals surface area contributed by atoms with Gasteiger partial charge in [-0.15, -0.1) is 0 Å². The second kappa shape index (κ2) is 5.63. The van der Waals surface area contributed by atoms with Crippen molar-refractivity contribution in [2.24, 2.45) is 0 Å². The van der Waals surface area contributed by atoms with Crippen LogP contribution in [0.2, 0.25) is 0 Å². The van der Waals surface area contributed by atoms with E-state index in [1.807, 2.05) is 13.0 Å². The summed E-state index contributed by atoms with van der Waals surface area (Å²) in [4.78, 5) is 12.2. The summed E-state index contributed by atoms with van der Waals surface area (Å²) in [6.07, 6.45) is 9.37. The summed E-state index contributed by atoms with van der Waals surface area (Å²) in [5, 5.41) is 4.17. The highest BCUT2D eigenvalue weighted by atomic mass is 79.9. The first-order valence-electron chi connectivity index (χ1n) is 6.17. The zero-order valence-corrected chi connectivity index (χ0v) is 11.7. The Morgan fingerprint density at radius 3 is 2.82 bits per heavy atom. The van der Waals surface area contributed by atoms with E-state index in [4.69, 9.17) is 0 Å². The van der Waals surface area contributed by atoms with Gasteiger partial charge in [0.1, 0.15) is 5.69 Å². The number of hydrogen-bond donors (Lipinski definition) is 0. The third kappa shape index (κ3) is 2.86. The summed E-state index contributed by atoms with van der Waals surface area (Å²) < 4.78 is 2.53. The fourth-order valence-electron chi connectivity index (χ4n) is 2.25. The highest BCUT2D eigenvalue weighted by Gasteiger charge is 2.16. The molecule has 1 aliphatic rings. The molecule has 2 rings (SSSR count). The monoisotopic (exact) mass is 296 g/mol. The normalized spacial score (nSPS) is 16.0. The lowest BCUT2D eigenvalue weighted by molar-refractivity contribution is 0.103. The molecule has 0 amide bonds. The molecule has 0 unspecified atom stereocenters. The van der Waals surface area contributed by atoms with Crippen LogP contribution in [0.3, 0.4) is 0 Å². The topological polar surface area (TPSA) is 34.9 Å². The minimum absolute atomic E-state index is 0.0770.